The third-order valence-corrected chi connectivity index (χ3v) is 4.76. The number of rotatable bonds is 5. The molecule has 2 rings (SSSR count). The van der Waals surface area contributed by atoms with Gasteiger partial charge in [-0.05, 0) is 37.8 Å². The maximum Gasteiger partial charge on any atom is 0.250 e. The number of ether oxygens (including phenoxy) is 1. The normalized spacial score (nSPS) is 24.4. The van der Waals surface area contributed by atoms with Crippen LogP contribution in [0.5, 0.6) is 0 Å². The summed E-state index contributed by atoms with van der Waals surface area (Å²) in [5.41, 5.74) is 0. The molecule has 7 heteroatoms. The van der Waals surface area contributed by atoms with Gasteiger partial charge in [0.2, 0.25) is 0 Å². The smallest absolute Gasteiger partial charge is 0.250 e. The summed E-state index contributed by atoms with van der Waals surface area (Å²) in [5.74, 6) is 1.41. The van der Waals surface area contributed by atoms with Gasteiger partial charge in [0.15, 0.2) is 0 Å². The van der Waals surface area contributed by atoms with Gasteiger partial charge in [0.25, 0.3) is 5.91 Å². The molecule has 0 aromatic rings. The van der Waals surface area contributed by atoms with E-state index >= 15 is 0 Å². The van der Waals surface area contributed by atoms with E-state index < -0.39 is 0 Å². The molecule has 0 spiro atoms. The van der Waals surface area contributed by atoms with Crippen molar-refractivity contribution in [2.45, 2.75) is 45.8 Å². The number of hydrogen-bond donors (Lipinski definition) is 2. The summed E-state index contributed by atoms with van der Waals surface area (Å²) in [4.78, 5) is 14.7. The molecule has 2 saturated heterocycles. The number of hydrogen-bond acceptors (Lipinski definition) is 4. The second kappa shape index (κ2) is 11.5. The molecule has 0 aliphatic carbocycles. The van der Waals surface area contributed by atoms with Crippen LogP contribution in [0.1, 0.15) is 33.6 Å². The maximum atomic E-state index is 12.2. The van der Waals surface area contributed by atoms with E-state index in [0.717, 1.165) is 32.1 Å². The molecule has 0 radical (unpaired) electrons. The Balaban J connectivity index is 0.00000242. The van der Waals surface area contributed by atoms with Gasteiger partial charge in [-0.25, -0.2) is 0 Å². The standard InChI is InChI=1S/C16H31N3O2.2ClH/c1-12(2)14(19-7-4-13(3)5-8-19)10-18-16(20)15-11-17-6-9-21-15;;/h12-15,17H,4-11H2,1-3H3,(H,18,20);2*1H/t14?,15-;;/m1../s1. The van der Waals surface area contributed by atoms with Crippen molar-refractivity contribution in [3.63, 3.8) is 0 Å². The van der Waals surface area contributed by atoms with Crippen LogP contribution in [0.3, 0.4) is 0 Å². The summed E-state index contributed by atoms with van der Waals surface area (Å²) >= 11 is 0. The van der Waals surface area contributed by atoms with Gasteiger partial charge < -0.3 is 15.4 Å². The lowest BCUT2D eigenvalue weighted by atomic mass is 9.94. The average molecular weight is 370 g/mol. The molecule has 138 valence electrons. The first-order valence-corrected chi connectivity index (χ1v) is 8.42. The van der Waals surface area contributed by atoms with Gasteiger partial charge >= 0.3 is 0 Å². The molecule has 1 unspecified atom stereocenters. The Bertz CT molecular complexity index is 331. The Kier molecular flexibility index (Phi) is 11.4. The van der Waals surface area contributed by atoms with Gasteiger partial charge in [-0.3, -0.25) is 9.69 Å². The molecule has 0 aromatic carbocycles. The minimum Gasteiger partial charge on any atom is -0.366 e. The van der Waals surface area contributed by atoms with E-state index in [2.05, 4.69) is 36.3 Å². The first-order chi connectivity index (χ1) is 10.1. The van der Waals surface area contributed by atoms with Crippen molar-refractivity contribution in [3.05, 3.63) is 0 Å². The second-order valence-corrected chi connectivity index (χ2v) is 6.84. The van der Waals surface area contributed by atoms with Crippen molar-refractivity contribution < 1.29 is 9.53 Å². The second-order valence-electron chi connectivity index (χ2n) is 6.84. The molecular weight excluding hydrogens is 337 g/mol. The van der Waals surface area contributed by atoms with E-state index in [0.29, 0.717) is 25.1 Å². The fourth-order valence-electron chi connectivity index (χ4n) is 3.20. The van der Waals surface area contributed by atoms with E-state index in [9.17, 15) is 4.79 Å². The number of likely N-dealkylation sites (tertiary alicyclic amines) is 1. The van der Waals surface area contributed by atoms with Gasteiger partial charge in [-0.2, -0.15) is 0 Å². The summed E-state index contributed by atoms with van der Waals surface area (Å²) < 4.78 is 5.50. The minimum atomic E-state index is -0.326. The maximum absolute atomic E-state index is 12.2. The number of nitrogens with one attached hydrogen (secondary N) is 2. The molecule has 0 aromatic heterocycles. The van der Waals surface area contributed by atoms with Crippen molar-refractivity contribution in [2.24, 2.45) is 11.8 Å². The average Bonchev–Trinajstić information content (AvgIpc) is 2.49. The molecular formula is C16H33Cl2N3O2. The lowest BCUT2D eigenvalue weighted by Gasteiger charge is -2.39. The Morgan fingerprint density at radius 2 is 1.96 bits per heavy atom. The predicted octanol–water partition coefficient (Wildman–Crippen LogP) is 1.69. The van der Waals surface area contributed by atoms with Crippen LogP contribution in [0.2, 0.25) is 0 Å². The van der Waals surface area contributed by atoms with Crippen LogP contribution in [0.4, 0.5) is 0 Å². The lowest BCUT2D eigenvalue weighted by molar-refractivity contribution is -0.134. The van der Waals surface area contributed by atoms with E-state index in [1.165, 1.54) is 12.8 Å². The fourth-order valence-corrected chi connectivity index (χ4v) is 3.20. The number of carbonyl (C=O) groups is 1. The van der Waals surface area contributed by atoms with Crippen molar-refractivity contribution >= 4 is 30.7 Å². The molecule has 0 bridgehead atoms. The summed E-state index contributed by atoms with van der Waals surface area (Å²) in [7, 11) is 0. The first kappa shape index (κ1) is 22.9. The first-order valence-electron chi connectivity index (χ1n) is 8.42. The van der Waals surface area contributed by atoms with Gasteiger partial charge in [-0.1, -0.05) is 20.8 Å². The van der Waals surface area contributed by atoms with Crippen LogP contribution in [0.25, 0.3) is 0 Å². The topological polar surface area (TPSA) is 53.6 Å². The fraction of sp³-hybridized carbons (Fsp3) is 0.938. The van der Waals surface area contributed by atoms with Crippen molar-refractivity contribution in [2.75, 3.05) is 39.3 Å². The van der Waals surface area contributed by atoms with Crippen LogP contribution in [0.15, 0.2) is 0 Å². The van der Waals surface area contributed by atoms with E-state index in [-0.39, 0.29) is 36.8 Å². The lowest BCUT2D eigenvalue weighted by Crippen LogP contribution is -2.53. The minimum absolute atomic E-state index is 0. The Labute approximate surface area is 153 Å². The van der Waals surface area contributed by atoms with Crippen LogP contribution >= 0.6 is 24.8 Å². The summed E-state index contributed by atoms with van der Waals surface area (Å²) in [6, 6.07) is 0.429. The third-order valence-electron chi connectivity index (χ3n) is 4.76. The SMILES string of the molecule is CC1CCN(C(CNC(=O)[C@H]2CNCCO2)C(C)C)CC1.Cl.Cl. The Hall–Kier alpha value is -0.0700. The number of halogens is 2. The zero-order valence-electron chi connectivity index (χ0n) is 14.5. The van der Waals surface area contributed by atoms with E-state index in [1.54, 1.807) is 0 Å². The summed E-state index contributed by atoms with van der Waals surface area (Å²) in [6.07, 6.45) is 2.22. The van der Waals surface area contributed by atoms with Crippen LogP contribution in [0, 0.1) is 11.8 Å². The molecule has 0 saturated carbocycles. The van der Waals surface area contributed by atoms with Crippen LogP contribution in [-0.2, 0) is 9.53 Å². The zero-order valence-corrected chi connectivity index (χ0v) is 16.2. The molecule has 2 N–H and O–H groups in total. The molecule has 2 heterocycles. The summed E-state index contributed by atoms with van der Waals surface area (Å²) in [5, 5.41) is 6.29. The highest BCUT2D eigenvalue weighted by Crippen LogP contribution is 2.21. The molecule has 2 aliphatic rings. The number of piperidine rings is 1. The van der Waals surface area contributed by atoms with Crippen molar-refractivity contribution in [1.82, 2.24) is 15.5 Å². The number of amides is 1. The largest absolute Gasteiger partial charge is 0.366 e. The van der Waals surface area contributed by atoms with E-state index in [4.69, 9.17) is 4.74 Å². The number of morpholine rings is 1. The van der Waals surface area contributed by atoms with E-state index in [1.807, 2.05) is 0 Å². The molecule has 2 aliphatic heterocycles. The zero-order chi connectivity index (χ0) is 15.2. The summed E-state index contributed by atoms with van der Waals surface area (Å²) in [6.45, 7) is 11.9. The monoisotopic (exact) mass is 369 g/mol. The molecule has 23 heavy (non-hydrogen) atoms. The highest BCUT2D eigenvalue weighted by molar-refractivity contribution is 5.85. The third kappa shape index (κ3) is 7.14. The molecule has 1 amide bonds. The molecule has 5 nitrogen and oxygen atoms in total. The highest BCUT2D eigenvalue weighted by Gasteiger charge is 2.27. The molecule has 2 atom stereocenters. The van der Waals surface area contributed by atoms with Gasteiger partial charge in [0.1, 0.15) is 6.10 Å². The predicted molar refractivity (Wildman–Crippen MR) is 98.7 cm³/mol. The molecule has 2 fully saturated rings. The van der Waals surface area contributed by atoms with Crippen LogP contribution < -0.4 is 10.6 Å². The van der Waals surface area contributed by atoms with Crippen molar-refractivity contribution in [1.29, 1.82) is 0 Å². The van der Waals surface area contributed by atoms with Gasteiger partial charge in [0, 0.05) is 25.7 Å². The van der Waals surface area contributed by atoms with Crippen LogP contribution in [-0.4, -0.2) is 62.3 Å². The van der Waals surface area contributed by atoms with Gasteiger partial charge in [-0.15, -0.1) is 24.8 Å². The highest BCUT2D eigenvalue weighted by atomic mass is 35.5. The van der Waals surface area contributed by atoms with Crippen molar-refractivity contribution in [3.8, 4) is 0 Å². The Morgan fingerprint density at radius 3 is 2.48 bits per heavy atom. The quantitative estimate of drug-likeness (QED) is 0.774. The Morgan fingerprint density at radius 1 is 1.30 bits per heavy atom. The number of carbonyl (C=O) groups excluding carboxylic acids is 1. The van der Waals surface area contributed by atoms with Gasteiger partial charge in [0.05, 0.1) is 6.61 Å². The number of nitrogens with zero attached hydrogens (tertiary/aromatic N) is 1.